The monoisotopic (exact) mass is 526 g/mol. The number of primary amides is 1. The molecule has 2 amide bonds. The van der Waals surface area contributed by atoms with Crippen LogP contribution in [0.3, 0.4) is 0 Å². The molecule has 9 heteroatoms. The summed E-state index contributed by atoms with van der Waals surface area (Å²) in [6.07, 6.45) is 2.90. The lowest BCUT2D eigenvalue weighted by atomic mass is 9.99. The number of hydrogen-bond donors (Lipinski definition) is 3. The van der Waals surface area contributed by atoms with Gasteiger partial charge in [-0.2, -0.15) is 0 Å². The van der Waals surface area contributed by atoms with Crippen molar-refractivity contribution in [2.45, 2.75) is 64.7 Å². The molecule has 0 radical (unpaired) electrons. The Bertz CT molecular complexity index is 1250. The highest BCUT2D eigenvalue weighted by Gasteiger charge is 2.23. The number of imidazole rings is 1. The van der Waals surface area contributed by atoms with Crippen LogP contribution in [0.2, 0.25) is 5.02 Å². The van der Waals surface area contributed by atoms with Crippen LogP contribution < -0.4 is 15.8 Å². The molecule has 3 rings (SSSR count). The van der Waals surface area contributed by atoms with Gasteiger partial charge in [0.1, 0.15) is 17.2 Å². The number of hydrogen-bond acceptors (Lipinski definition) is 5. The second-order valence-electron chi connectivity index (χ2n) is 10.0. The van der Waals surface area contributed by atoms with Crippen molar-refractivity contribution in [2.24, 2.45) is 12.8 Å². The van der Waals surface area contributed by atoms with Crippen LogP contribution in [0.4, 0.5) is 0 Å². The zero-order chi connectivity index (χ0) is 27.3. The molecular formula is C28H35ClN4O4. The molecule has 1 atom stereocenters. The number of nitrogens with two attached hydrogens (primary N) is 1. The molecule has 0 fully saturated rings. The molecule has 1 heterocycles. The number of nitrogens with one attached hydrogen (secondary N) is 1. The fraction of sp³-hybridized carbons (Fsp3) is 0.393. The number of aryl methyl sites for hydroxylation is 1. The van der Waals surface area contributed by atoms with Crippen molar-refractivity contribution < 1.29 is 19.4 Å². The Balaban J connectivity index is 1.74. The highest BCUT2D eigenvalue weighted by molar-refractivity contribution is 6.32. The zero-order valence-electron chi connectivity index (χ0n) is 21.9. The van der Waals surface area contributed by atoms with Crippen LogP contribution >= 0.6 is 11.6 Å². The van der Waals surface area contributed by atoms with E-state index < -0.39 is 11.5 Å². The molecule has 3 aromatic rings. The minimum Gasteiger partial charge on any atom is -0.489 e. The molecule has 198 valence electrons. The van der Waals surface area contributed by atoms with Gasteiger partial charge in [0.25, 0.3) is 5.91 Å². The Morgan fingerprint density at radius 2 is 1.86 bits per heavy atom. The molecule has 4 N–H and O–H groups in total. The van der Waals surface area contributed by atoms with Crippen LogP contribution in [0.25, 0.3) is 11.3 Å². The highest BCUT2D eigenvalue weighted by Crippen LogP contribution is 2.27. The van der Waals surface area contributed by atoms with E-state index in [0.717, 1.165) is 16.8 Å². The number of carbonyl (C=O) groups excluding carboxylic acids is 2. The average molecular weight is 527 g/mol. The smallest absolute Gasteiger partial charge is 0.251 e. The lowest BCUT2D eigenvalue weighted by molar-refractivity contribution is -0.118. The molecule has 0 saturated carbocycles. The summed E-state index contributed by atoms with van der Waals surface area (Å²) in [5.41, 5.74) is 7.37. The van der Waals surface area contributed by atoms with Gasteiger partial charge in [0.05, 0.1) is 16.8 Å². The van der Waals surface area contributed by atoms with Crippen molar-refractivity contribution >= 4 is 23.4 Å². The van der Waals surface area contributed by atoms with Crippen molar-refractivity contribution in [3.8, 4) is 17.0 Å². The van der Waals surface area contributed by atoms with Gasteiger partial charge in [-0.1, -0.05) is 35.9 Å². The third-order valence-corrected chi connectivity index (χ3v) is 6.08. The van der Waals surface area contributed by atoms with Gasteiger partial charge in [0.2, 0.25) is 5.91 Å². The van der Waals surface area contributed by atoms with Crippen molar-refractivity contribution in [1.29, 1.82) is 0 Å². The summed E-state index contributed by atoms with van der Waals surface area (Å²) in [7, 11) is 1.85. The Morgan fingerprint density at radius 3 is 2.41 bits per heavy atom. The van der Waals surface area contributed by atoms with Gasteiger partial charge >= 0.3 is 0 Å². The van der Waals surface area contributed by atoms with E-state index in [-0.39, 0.29) is 24.5 Å². The molecule has 37 heavy (non-hydrogen) atoms. The van der Waals surface area contributed by atoms with Gasteiger partial charge in [-0.3, -0.25) is 9.59 Å². The highest BCUT2D eigenvalue weighted by atomic mass is 35.5. The molecule has 8 nitrogen and oxygen atoms in total. The fourth-order valence-electron chi connectivity index (χ4n) is 4.07. The first kappa shape index (κ1) is 28.2. The lowest BCUT2D eigenvalue weighted by Crippen LogP contribution is -2.37. The zero-order valence-corrected chi connectivity index (χ0v) is 22.7. The first-order chi connectivity index (χ1) is 17.3. The van der Waals surface area contributed by atoms with Crippen molar-refractivity contribution in [2.75, 3.05) is 0 Å². The maximum Gasteiger partial charge on any atom is 0.251 e. The number of amides is 2. The topological polar surface area (TPSA) is 119 Å². The minimum atomic E-state index is -1.05. The molecular weight excluding hydrogens is 492 g/mol. The van der Waals surface area contributed by atoms with Crippen molar-refractivity contribution in [3.05, 3.63) is 70.6 Å². The Morgan fingerprint density at radius 1 is 1.19 bits per heavy atom. The van der Waals surface area contributed by atoms with Crippen LogP contribution in [0.1, 0.15) is 62.3 Å². The third-order valence-electron chi connectivity index (χ3n) is 5.79. The predicted molar refractivity (Wildman–Crippen MR) is 144 cm³/mol. The van der Waals surface area contributed by atoms with Crippen LogP contribution in [0.15, 0.2) is 48.7 Å². The molecule has 1 aromatic heterocycles. The van der Waals surface area contributed by atoms with E-state index in [0.29, 0.717) is 35.0 Å². The van der Waals surface area contributed by atoms with E-state index in [4.69, 9.17) is 22.1 Å². The van der Waals surface area contributed by atoms with Gasteiger partial charge in [-0.15, -0.1) is 0 Å². The summed E-state index contributed by atoms with van der Waals surface area (Å²) in [5.74, 6) is 0.369. The lowest BCUT2D eigenvalue weighted by Gasteiger charge is -2.19. The van der Waals surface area contributed by atoms with Gasteiger partial charge in [0.15, 0.2) is 0 Å². The number of rotatable bonds is 11. The summed E-state index contributed by atoms with van der Waals surface area (Å²) in [4.78, 5) is 29.0. The normalized spacial score (nSPS) is 12.4. The van der Waals surface area contributed by atoms with Crippen molar-refractivity contribution in [3.63, 3.8) is 0 Å². The first-order valence-electron chi connectivity index (χ1n) is 12.2. The van der Waals surface area contributed by atoms with Crippen LogP contribution in [-0.4, -0.2) is 38.6 Å². The Kier molecular flexibility index (Phi) is 8.99. The summed E-state index contributed by atoms with van der Waals surface area (Å²) in [6, 6.07) is 12.4. The second-order valence-corrected chi connectivity index (χ2v) is 10.4. The molecule has 0 spiro atoms. The third kappa shape index (κ3) is 7.81. The molecule has 0 aliphatic carbocycles. The summed E-state index contributed by atoms with van der Waals surface area (Å²) in [5, 5.41) is 13.7. The van der Waals surface area contributed by atoms with Crippen molar-refractivity contribution in [1.82, 2.24) is 14.9 Å². The molecule has 0 unspecified atom stereocenters. The summed E-state index contributed by atoms with van der Waals surface area (Å²) >= 11 is 6.30. The van der Waals surface area contributed by atoms with Crippen LogP contribution in [-0.2, 0) is 23.9 Å². The SMILES string of the molecule is CC(C)Oc1ccc(C(=O)N[C@H](CCC(N)=O)Cc2ccc(-c3cn(C)c(C(C)(C)O)n3)cc2)cc1Cl. The van der Waals surface area contributed by atoms with Gasteiger partial charge < -0.3 is 25.5 Å². The number of nitrogens with zero attached hydrogens (tertiary/aromatic N) is 2. The predicted octanol–water partition coefficient (Wildman–Crippen LogP) is 4.36. The number of halogens is 1. The number of carbonyl (C=O) groups is 2. The Hall–Kier alpha value is -3.36. The Labute approximate surface area is 222 Å². The number of aromatic nitrogens is 2. The fourth-order valence-corrected chi connectivity index (χ4v) is 4.30. The van der Waals surface area contributed by atoms with E-state index in [1.165, 1.54) is 0 Å². The molecule has 0 aliphatic rings. The summed E-state index contributed by atoms with van der Waals surface area (Å²) < 4.78 is 7.45. The van der Waals surface area contributed by atoms with E-state index in [1.807, 2.05) is 55.9 Å². The number of aliphatic hydroxyl groups is 1. The first-order valence-corrected chi connectivity index (χ1v) is 12.6. The van der Waals surface area contributed by atoms with Crippen LogP contribution in [0.5, 0.6) is 5.75 Å². The molecule has 0 bridgehead atoms. The molecule has 0 saturated heterocycles. The summed E-state index contributed by atoms with van der Waals surface area (Å²) in [6.45, 7) is 7.20. The van der Waals surface area contributed by atoms with Gasteiger partial charge in [0, 0.05) is 36.8 Å². The standard InChI is InChI=1S/C28H35ClN4O4/c1-17(2)37-24-12-10-20(15-22(24)29)26(35)31-21(11-13-25(30)34)14-18-6-8-19(9-7-18)23-16-33(5)27(32-23)28(3,4)36/h6-10,12,15-17,21,36H,11,13-14H2,1-5H3,(H2,30,34)(H,31,35)/t21-/m1/s1. The van der Waals surface area contributed by atoms with E-state index in [2.05, 4.69) is 10.3 Å². The quantitative estimate of drug-likeness (QED) is 0.343. The second kappa shape index (κ2) is 11.8. The van der Waals surface area contributed by atoms with Crippen LogP contribution in [0, 0.1) is 0 Å². The number of benzene rings is 2. The van der Waals surface area contributed by atoms with E-state index in [1.54, 1.807) is 32.0 Å². The average Bonchev–Trinajstić information content (AvgIpc) is 3.21. The maximum atomic E-state index is 13.0. The van der Waals surface area contributed by atoms with E-state index >= 15 is 0 Å². The largest absolute Gasteiger partial charge is 0.489 e. The molecule has 2 aromatic carbocycles. The number of ether oxygens (including phenoxy) is 1. The van der Waals surface area contributed by atoms with Gasteiger partial charge in [-0.25, -0.2) is 4.98 Å². The van der Waals surface area contributed by atoms with E-state index in [9.17, 15) is 14.7 Å². The van der Waals surface area contributed by atoms with Gasteiger partial charge in [-0.05, 0) is 64.3 Å². The maximum absolute atomic E-state index is 13.0. The molecule has 0 aliphatic heterocycles. The minimum absolute atomic E-state index is 0.0389.